The van der Waals surface area contributed by atoms with Crippen molar-refractivity contribution in [2.24, 2.45) is 0 Å². The Bertz CT molecular complexity index is 2230. The van der Waals surface area contributed by atoms with Crippen LogP contribution in [0.5, 0.6) is 5.75 Å². The summed E-state index contributed by atoms with van der Waals surface area (Å²) in [7, 11) is 0. The fourth-order valence-electron chi connectivity index (χ4n) is 8.56. The second-order valence-corrected chi connectivity index (χ2v) is 15.7. The molecule has 0 saturated carbocycles. The Morgan fingerprint density at radius 3 is 2.27 bits per heavy atom. The summed E-state index contributed by atoms with van der Waals surface area (Å²) in [6.07, 6.45) is 3.45. The summed E-state index contributed by atoms with van der Waals surface area (Å²) < 4.78 is 8.37. The minimum atomic E-state index is -0.961. The highest BCUT2D eigenvalue weighted by Crippen LogP contribution is 2.35. The first-order valence-corrected chi connectivity index (χ1v) is 20.8. The fraction of sp³-hybridized carbons (Fsp3) is 0.413. The van der Waals surface area contributed by atoms with Gasteiger partial charge in [-0.3, -0.25) is 34.3 Å². The standard InChI is InChI=1S/C46H54N8O5/c1-4-50(22-7-27-59-37-15-10-34(11-16-37)30-53-31(2)42(43(48)32(53)3)35-12-8-33(29-47)9-13-35)20-5-6-21-51-23-25-52(26-24-51)36-14-17-38-39(28-36)46(58)54(45(38)57)40-18-19-41(55)49-44(40)56/h8-17,28,40H,4-7,18-27,30,48H2,1-3H3,(H,49,55,56). The number of ether oxygens (including phenoxy) is 1. The van der Waals surface area contributed by atoms with Crippen molar-refractivity contribution < 1.29 is 23.9 Å². The molecular formula is C46H54N8O5. The Hall–Kier alpha value is -5.97. The zero-order chi connectivity index (χ0) is 41.6. The molecule has 3 aliphatic heterocycles. The molecule has 1 atom stereocenters. The van der Waals surface area contributed by atoms with Crippen LogP contribution >= 0.6 is 0 Å². The zero-order valence-corrected chi connectivity index (χ0v) is 34.3. The molecule has 0 spiro atoms. The molecule has 0 aliphatic carbocycles. The van der Waals surface area contributed by atoms with Gasteiger partial charge in [0.25, 0.3) is 11.8 Å². The predicted molar refractivity (Wildman–Crippen MR) is 227 cm³/mol. The highest BCUT2D eigenvalue weighted by Gasteiger charge is 2.44. The minimum Gasteiger partial charge on any atom is -0.494 e. The maximum Gasteiger partial charge on any atom is 0.262 e. The molecule has 4 heterocycles. The van der Waals surface area contributed by atoms with E-state index in [0.717, 1.165) is 116 Å². The average molecular weight is 799 g/mol. The molecule has 13 heteroatoms. The number of amides is 4. The maximum atomic E-state index is 13.3. The van der Waals surface area contributed by atoms with Crippen molar-refractivity contribution >= 4 is 35.0 Å². The topological polar surface area (TPSA) is 157 Å². The number of benzene rings is 3. The van der Waals surface area contributed by atoms with E-state index in [2.05, 4.69) is 56.6 Å². The van der Waals surface area contributed by atoms with Crippen molar-refractivity contribution in [3.8, 4) is 22.9 Å². The lowest BCUT2D eigenvalue weighted by Crippen LogP contribution is -2.54. The number of unbranched alkanes of at least 4 members (excludes halogenated alkanes) is 1. The lowest BCUT2D eigenvalue weighted by Gasteiger charge is -2.36. The van der Waals surface area contributed by atoms with E-state index >= 15 is 0 Å². The molecule has 3 aromatic carbocycles. The summed E-state index contributed by atoms with van der Waals surface area (Å²) in [4.78, 5) is 58.6. The van der Waals surface area contributed by atoms with Gasteiger partial charge in [0.1, 0.15) is 11.8 Å². The largest absolute Gasteiger partial charge is 0.494 e. The van der Waals surface area contributed by atoms with Crippen LogP contribution in [-0.2, 0) is 16.1 Å². The first-order valence-electron chi connectivity index (χ1n) is 20.8. The van der Waals surface area contributed by atoms with Gasteiger partial charge in [-0.2, -0.15) is 5.26 Å². The zero-order valence-electron chi connectivity index (χ0n) is 34.3. The number of nitrogen functional groups attached to an aromatic ring is 1. The van der Waals surface area contributed by atoms with Crippen molar-refractivity contribution in [3.05, 3.63) is 100 Å². The van der Waals surface area contributed by atoms with Gasteiger partial charge in [-0.25, -0.2) is 0 Å². The number of rotatable bonds is 16. The van der Waals surface area contributed by atoms with E-state index in [-0.39, 0.29) is 18.7 Å². The Kier molecular flexibility index (Phi) is 12.8. The third-order valence-corrected chi connectivity index (χ3v) is 12.1. The number of piperazine rings is 1. The van der Waals surface area contributed by atoms with Gasteiger partial charge in [-0.05, 0) is 113 Å². The van der Waals surface area contributed by atoms with E-state index in [0.29, 0.717) is 29.8 Å². The summed E-state index contributed by atoms with van der Waals surface area (Å²) in [6.45, 7) is 15.3. The van der Waals surface area contributed by atoms with Gasteiger partial charge in [-0.15, -0.1) is 0 Å². The molecule has 59 heavy (non-hydrogen) atoms. The van der Waals surface area contributed by atoms with Crippen LogP contribution in [0.15, 0.2) is 66.7 Å². The molecule has 308 valence electrons. The summed E-state index contributed by atoms with van der Waals surface area (Å²) in [5.74, 6) is -1.07. The lowest BCUT2D eigenvalue weighted by atomic mass is 10.0. The lowest BCUT2D eigenvalue weighted by molar-refractivity contribution is -0.136. The summed E-state index contributed by atoms with van der Waals surface area (Å²) in [6, 6.07) is 22.4. The average Bonchev–Trinajstić information content (AvgIpc) is 3.62. The molecule has 1 unspecified atom stereocenters. The van der Waals surface area contributed by atoms with Crippen LogP contribution in [0.25, 0.3) is 11.1 Å². The third kappa shape index (κ3) is 9.04. The molecule has 2 fully saturated rings. The Balaban J connectivity index is 0.794. The first-order chi connectivity index (χ1) is 28.6. The third-order valence-electron chi connectivity index (χ3n) is 12.1. The number of nitrogens with two attached hydrogens (primary N) is 1. The molecule has 4 amide bonds. The number of nitrogens with zero attached hydrogens (tertiary/aromatic N) is 6. The number of hydrogen-bond donors (Lipinski definition) is 2. The molecule has 13 nitrogen and oxygen atoms in total. The summed E-state index contributed by atoms with van der Waals surface area (Å²) in [5.41, 5.74) is 14.8. The van der Waals surface area contributed by atoms with Gasteiger partial charge >= 0.3 is 0 Å². The van der Waals surface area contributed by atoms with Gasteiger partial charge in [0.2, 0.25) is 11.8 Å². The Morgan fingerprint density at radius 2 is 1.58 bits per heavy atom. The number of carbonyl (C=O) groups excluding carboxylic acids is 4. The molecule has 0 radical (unpaired) electrons. The fourth-order valence-corrected chi connectivity index (χ4v) is 8.56. The predicted octanol–water partition coefficient (Wildman–Crippen LogP) is 5.37. The summed E-state index contributed by atoms with van der Waals surface area (Å²) >= 11 is 0. The van der Waals surface area contributed by atoms with Gasteiger partial charge < -0.3 is 24.8 Å². The van der Waals surface area contributed by atoms with Crippen LogP contribution in [0.4, 0.5) is 11.4 Å². The number of fused-ring (bicyclic) bond motifs is 1. The van der Waals surface area contributed by atoms with E-state index in [1.165, 1.54) is 5.56 Å². The van der Waals surface area contributed by atoms with Crippen LogP contribution in [-0.4, -0.2) is 108 Å². The minimum absolute atomic E-state index is 0.100. The second kappa shape index (κ2) is 18.3. The molecular weight excluding hydrogens is 745 g/mol. The van der Waals surface area contributed by atoms with Gasteiger partial charge in [-0.1, -0.05) is 31.2 Å². The smallest absolute Gasteiger partial charge is 0.262 e. The summed E-state index contributed by atoms with van der Waals surface area (Å²) in [5, 5.41) is 11.4. The van der Waals surface area contributed by atoms with Crippen LogP contribution in [0, 0.1) is 25.2 Å². The Morgan fingerprint density at radius 1 is 0.864 bits per heavy atom. The number of aromatic nitrogens is 1. The number of anilines is 2. The van der Waals surface area contributed by atoms with Gasteiger partial charge in [0.05, 0.1) is 35.1 Å². The van der Waals surface area contributed by atoms with Crippen molar-refractivity contribution in [2.75, 3.05) is 69.6 Å². The van der Waals surface area contributed by atoms with E-state index in [1.54, 1.807) is 12.1 Å². The van der Waals surface area contributed by atoms with Crippen LogP contribution in [0.2, 0.25) is 0 Å². The molecule has 3 N–H and O–H groups in total. The van der Waals surface area contributed by atoms with Crippen molar-refractivity contribution in [1.82, 2.24) is 24.6 Å². The second-order valence-electron chi connectivity index (χ2n) is 15.7. The van der Waals surface area contributed by atoms with Gasteiger partial charge in [0.15, 0.2) is 0 Å². The quantitative estimate of drug-likeness (QED) is 0.112. The number of piperidine rings is 1. The molecule has 3 aliphatic rings. The van der Waals surface area contributed by atoms with Gasteiger partial charge in [0, 0.05) is 68.3 Å². The number of nitrogens with one attached hydrogen (secondary N) is 1. The number of imide groups is 2. The van der Waals surface area contributed by atoms with E-state index < -0.39 is 23.8 Å². The monoisotopic (exact) mass is 798 g/mol. The molecule has 0 bridgehead atoms. The first kappa shape index (κ1) is 41.2. The molecule has 7 rings (SSSR count). The molecule has 4 aromatic rings. The number of carbonyl (C=O) groups is 4. The van der Waals surface area contributed by atoms with Crippen molar-refractivity contribution in [3.63, 3.8) is 0 Å². The van der Waals surface area contributed by atoms with Crippen molar-refractivity contribution in [2.45, 2.75) is 65.5 Å². The highest BCUT2D eigenvalue weighted by molar-refractivity contribution is 6.23. The SMILES string of the molecule is CCN(CCCCN1CCN(c2ccc3c(c2)C(=O)N(C2CCC(=O)NC2=O)C3=O)CC1)CCCOc1ccc(Cn2c(C)c(N)c(-c3ccc(C#N)cc3)c2C)cc1. The molecule has 1 aromatic heterocycles. The van der Waals surface area contributed by atoms with E-state index in [9.17, 15) is 24.4 Å². The maximum absolute atomic E-state index is 13.3. The molecule has 2 saturated heterocycles. The van der Waals surface area contributed by atoms with Crippen LogP contribution in [0.1, 0.15) is 82.3 Å². The number of hydrogen-bond acceptors (Lipinski definition) is 10. The Labute approximate surface area is 346 Å². The normalized spacial score (nSPS) is 17.1. The van der Waals surface area contributed by atoms with Crippen LogP contribution < -0.4 is 20.7 Å². The number of nitriles is 1. The highest BCUT2D eigenvalue weighted by atomic mass is 16.5. The van der Waals surface area contributed by atoms with Crippen LogP contribution in [0.3, 0.4) is 0 Å². The van der Waals surface area contributed by atoms with E-state index in [4.69, 9.17) is 10.5 Å². The van der Waals surface area contributed by atoms with Crippen molar-refractivity contribution in [1.29, 1.82) is 5.26 Å². The van der Waals surface area contributed by atoms with E-state index in [1.807, 2.05) is 49.4 Å².